The normalized spacial score (nSPS) is 20.0. The lowest BCUT2D eigenvalue weighted by atomic mass is 10.1. The van der Waals surface area contributed by atoms with Crippen LogP contribution in [-0.4, -0.2) is 71.6 Å². The molecule has 1 aliphatic heterocycles. The molecule has 6 nitrogen and oxygen atoms in total. The van der Waals surface area contributed by atoms with E-state index in [1.165, 1.54) is 0 Å². The number of carbonyl (C=O) groups is 2. The lowest BCUT2D eigenvalue weighted by Crippen LogP contribution is -2.54. The van der Waals surface area contributed by atoms with Gasteiger partial charge in [0.1, 0.15) is 0 Å². The largest absolute Gasteiger partial charge is 0.481 e. The van der Waals surface area contributed by atoms with Gasteiger partial charge >= 0.3 is 5.97 Å². The van der Waals surface area contributed by atoms with Crippen LogP contribution >= 0.6 is 0 Å². The van der Waals surface area contributed by atoms with Crippen LogP contribution in [0.4, 0.5) is 0 Å². The molecular formula is C15H29N3O3. The second kappa shape index (κ2) is 9.00. The summed E-state index contributed by atoms with van der Waals surface area (Å²) in [7, 11) is 0. The van der Waals surface area contributed by atoms with Crippen LogP contribution in [0.1, 0.15) is 40.0 Å². The summed E-state index contributed by atoms with van der Waals surface area (Å²) in [5, 5.41) is 11.8. The van der Waals surface area contributed by atoms with Crippen LogP contribution in [0.25, 0.3) is 0 Å². The predicted molar refractivity (Wildman–Crippen MR) is 82.2 cm³/mol. The van der Waals surface area contributed by atoms with E-state index in [0.717, 1.165) is 39.0 Å². The summed E-state index contributed by atoms with van der Waals surface area (Å²) in [5.41, 5.74) is 0. The van der Waals surface area contributed by atoms with Gasteiger partial charge < -0.3 is 15.3 Å². The predicted octanol–water partition coefficient (Wildman–Crippen LogP) is 0.772. The topological polar surface area (TPSA) is 72.9 Å². The standard InChI is InChI=1S/C15H29N3O3/c1-4-5-12(2)16-15(21)13(3)18-10-8-17(9-11-18)7-6-14(19)20/h12-13H,4-11H2,1-3H3,(H,16,21)(H,19,20). The van der Waals surface area contributed by atoms with Crippen molar-refractivity contribution >= 4 is 11.9 Å². The van der Waals surface area contributed by atoms with Gasteiger partial charge in [-0.15, -0.1) is 0 Å². The average molecular weight is 299 g/mol. The fraction of sp³-hybridized carbons (Fsp3) is 0.867. The summed E-state index contributed by atoms with van der Waals surface area (Å²) in [5.74, 6) is -0.662. The molecule has 2 unspecified atom stereocenters. The minimum Gasteiger partial charge on any atom is -0.481 e. The molecule has 1 fully saturated rings. The van der Waals surface area contributed by atoms with Crippen molar-refractivity contribution in [2.24, 2.45) is 0 Å². The third kappa shape index (κ3) is 6.44. The molecule has 0 spiro atoms. The quantitative estimate of drug-likeness (QED) is 0.693. The summed E-state index contributed by atoms with van der Waals surface area (Å²) in [6, 6.07) is 0.104. The Morgan fingerprint density at radius 1 is 1.19 bits per heavy atom. The van der Waals surface area contributed by atoms with E-state index in [1.807, 2.05) is 13.8 Å². The molecule has 21 heavy (non-hydrogen) atoms. The number of carboxylic acids is 1. The van der Waals surface area contributed by atoms with E-state index in [0.29, 0.717) is 6.54 Å². The Balaban J connectivity index is 2.32. The first-order valence-electron chi connectivity index (χ1n) is 7.92. The van der Waals surface area contributed by atoms with Crippen LogP contribution in [0.15, 0.2) is 0 Å². The van der Waals surface area contributed by atoms with Gasteiger partial charge in [-0.1, -0.05) is 13.3 Å². The van der Waals surface area contributed by atoms with E-state index in [-0.39, 0.29) is 24.4 Å². The molecule has 1 heterocycles. The minimum atomic E-state index is -0.755. The molecule has 0 aromatic carbocycles. The van der Waals surface area contributed by atoms with Crippen molar-refractivity contribution in [2.45, 2.75) is 52.1 Å². The number of rotatable bonds is 8. The zero-order chi connectivity index (χ0) is 15.8. The zero-order valence-electron chi connectivity index (χ0n) is 13.5. The Morgan fingerprint density at radius 3 is 2.33 bits per heavy atom. The van der Waals surface area contributed by atoms with Crippen molar-refractivity contribution in [1.29, 1.82) is 0 Å². The fourth-order valence-electron chi connectivity index (χ4n) is 2.66. The number of carboxylic acid groups (broad SMARTS) is 1. The van der Waals surface area contributed by atoms with Crippen molar-refractivity contribution < 1.29 is 14.7 Å². The van der Waals surface area contributed by atoms with Crippen LogP contribution in [0.2, 0.25) is 0 Å². The van der Waals surface area contributed by atoms with Gasteiger partial charge in [-0.25, -0.2) is 0 Å². The molecular weight excluding hydrogens is 270 g/mol. The first kappa shape index (κ1) is 17.9. The van der Waals surface area contributed by atoms with Crippen LogP contribution in [0.5, 0.6) is 0 Å². The van der Waals surface area contributed by atoms with Gasteiger partial charge in [-0.3, -0.25) is 14.5 Å². The maximum Gasteiger partial charge on any atom is 0.304 e. The summed E-state index contributed by atoms with van der Waals surface area (Å²) >= 11 is 0. The number of nitrogens with one attached hydrogen (secondary N) is 1. The number of nitrogens with zero attached hydrogens (tertiary/aromatic N) is 2. The maximum atomic E-state index is 12.2. The molecule has 1 saturated heterocycles. The van der Waals surface area contributed by atoms with E-state index in [1.54, 1.807) is 0 Å². The number of carbonyl (C=O) groups excluding carboxylic acids is 1. The molecule has 0 aromatic rings. The first-order valence-corrected chi connectivity index (χ1v) is 7.92. The fourth-order valence-corrected chi connectivity index (χ4v) is 2.66. The Morgan fingerprint density at radius 2 is 1.81 bits per heavy atom. The van der Waals surface area contributed by atoms with E-state index < -0.39 is 5.97 Å². The molecule has 122 valence electrons. The molecule has 6 heteroatoms. The highest BCUT2D eigenvalue weighted by Crippen LogP contribution is 2.08. The smallest absolute Gasteiger partial charge is 0.304 e. The van der Waals surface area contributed by atoms with Gasteiger partial charge in [0.15, 0.2) is 0 Å². The molecule has 0 aromatic heterocycles. The average Bonchev–Trinajstić information content (AvgIpc) is 2.45. The maximum absolute atomic E-state index is 12.2. The second-order valence-electron chi connectivity index (χ2n) is 5.90. The molecule has 1 aliphatic rings. The Hall–Kier alpha value is -1.14. The molecule has 2 N–H and O–H groups in total. The van der Waals surface area contributed by atoms with E-state index in [2.05, 4.69) is 22.0 Å². The molecule has 0 saturated carbocycles. The monoisotopic (exact) mass is 299 g/mol. The summed E-state index contributed by atoms with van der Waals surface area (Å²) < 4.78 is 0. The van der Waals surface area contributed by atoms with Crippen molar-refractivity contribution in [3.05, 3.63) is 0 Å². The third-order valence-electron chi connectivity index (χ3n) is 4.09. The second-order valence-corrected chi connectivity index (χ2v) is 5.90. The van der Waals surface area contributed by atoms with Crippen molar-refractivity contribution in [2.75, 3.05) is 32.7 Å². The van der Waals surface area contributed by atoms with E-state index >= 15 is 0 Å². The van der Waals surface area contributed by atoms with Gasteiger partial charge in [-0.05, 0) is 20.3 Å². The minimum absolute atomic E-state index is 0.0925. The Labute approximate surface area is 127 Å². The highest BCUT2D eigenvalue weighted by molar-refractivity contribution is 5.81. The molecule has 0 radical (unpaired) electrons. The molecule has 0 aliphatic carbocycles. The van der Waals surface area contributed by atoms with Crippen LogP contribution < -0.4 is 5.32 Å². The van der Waals surface area contributed by atoms with Crippen LogP contribution in [-0.2, 0) is 9.59 Å². The molecule has 1 amide bonds. The number of amides is 1. The van der Waals surface area contributed by atoms with E-state index in [4.69, 9.17) is 5.11 Å². The number of aliphatic carboxylic acids is 1. The van der Waals surface area contributed by atoms with Crippen LogP contribution in [0.3, 0.4) is 0 Å². The van der Waals surface area contributed by atoms with Crippen molar-refractivity contribution in [3.8, 4) is 0 Å². The molecule has 1 rings (SSSR count). The summed E-state index contributed by atoms with van der Waals surface area (Å²) in [6.45, 7) is 9.98. The van der Waals surface area contributed by atoms with Gasteiger partial charge in [0.05, 0.1) is 12.5 Å². The first-order chi connectivity index (χ1) is 9.93. The van der Waals surface area contributed by atoms with Gasteiger partial charge in [0.2, 0.25) is 5.91 Å². The highest BCUT2D eigenvalue weighted by Gasteiger charge is 2.26. The molecule has 0 bridgehead atoms. The number of piperazine rings is 1. The van der Waals surface area contributed by atoms with E-state index in [9.17, 15) is 9.59 Å². The van der Waals surface area contributed by atoms with Crippen molar-refractivity contribution in [3.63, 3.8) is 0 Å². The number of hydrogen-bond acceptors (Lipinski definition) is 4. The summed E-state index contributed by atoms with van der Waals surface area (Å²) in [6.07, 6.45) is 2.25. The Kier molecular flexibility index (Phi) is 7.67. The Bertz CT molecular complexity index is 341. The molecule has 2 atom stereocenters. The summed E-state index contributed by atoms with van der Waals surface area (Å²) in [4.78, 5) is 27.1. The third-order valence-corrected chi connectivity index (χ3v) is 4.09. The van der Waals surface area contributed by atoms with Crippen LogP contribution in [0, 0.1) is 0 Å². The van der Waals surface area contributed by atoms with Gasteiger partial charge in [0.25, 0.3) is 0 Å². The van der Waals surface area contributed by atoms with Crippen molar-refractivity contribution in [1.82, 2.24) is 15.1 Å². The number of hydrogen-bond donors (Lipinski definition) is 2. The lowest BCUT2D eigenvalue weighted by molar-refractivity contribution is -0.137. The highest BCUT2D eigenvalue weighted by atomic mass is 16.4. The zero-order valence-corrected chi connectivity index (χ0v) is 13.5. The van der Waals surface area contributed by atoms with Gasteiger partial charge in [-0.2, -0.15) is 0 Å². The SMILES string of the molecule is CCCC(C)NC(=O)C(C)N1CCN(CCC(=O)O)CC1. The van der Waals surface area contributed by atoms with Gasteiger partial charge in [0, 0.05) is 38.8 Å². The lowest BCUT2D eigenvalue weighted by Gasteiger charge is -2.37.